The van der Waals surface area contributed by atoms with Crippen LogP contribution in [0.5, 0.6) is 0 Å². The summed E-state index contributed by atoms with van der Waals surface area (Å²) in [5.74, 6) is 1.83. The number of aryl methyl sites for hydroxylation is 1. The molecule has 10 heteroatoms. The van der Waals surface area contributed by atoms with Crippen molar-refractivity contribution in [2.75, 3.05) is 92.6 Å². The fraction of sp³-hybridized carbons (Fsp3) is 0.567. The topological polar surface area (TPSA) is 93.0 Å². The molecule has 5 heterocycles. The van der Waals surface area contributed by atoms with Crippen LogP contribution in [0, 0.1) is 18.3 Å². The van der Waals surface area contributed by atoms with Gasteiger partial charge in [0.05, 0.1) is 29.6 Å². The molecular formula is C30H40N8O2. The smallest absolute Gasteiger partial charge is 0.227 e. The van der Waals surface area contributed by atoms with Crippen molar-refractivity contribution in [1.82, 2.24) is 14.9 Å². The van der Waals surface area contributed by atoms with Gasteiger partial charge < -0.3 is 29.5 Å². The Morgan fingerprint density at radius 1 is 1.07 bits per heavy atom. The van der Waals surface area contributed by atoms with E-state index >= 15 is 0 Å². The molecule has 0 amide bonds. The van der Waals surface area contributed by atoms with Gasteiger partial charge >= 0.3 is 0 Å². The molecule has 2 aromatic rings. The first-order valence-electron chi connectivity index (χ1n) is 14.5. The van der Waals surface area contributed by atoms with Crippen molar-refractivity contribution in [3.8, 4) is 6.07 Å². The van der Waals surface area contributed by atoms with E-state index in [1.165, 1.54) is 5.69 Å². The van der Waals surface area contributed by atoms with Crippen molar-refractivity contribution in [2.45, 2.75) is 38.6 Å². The summed E-state index contributed by atoms with van der Waals surface area (Å²) < 4.78 is 12.0. The molecule has 1 aromatic carbocycles. The van der Waals surface area contributed by atoms with Crippen molar-refractivity contribution in [3.05, 3.63) is 41.1 Å². The van der Waals surface area contributed by atoms with E-state index in [2.05, 4.69) is 69.1 Å². The van der Waals surface area contributed by atoms with Gasteiger partial charge in [0, 0.05) is 95.6 Å². The van der Waals surface area contributed by atoms with Crippen LogP contribution in [0.4, 0.5) is 23.1 Å². The zero-order valence-electron chi connectivity index (χ0n) is 23.8. The molecule has 0 bridgehead atoms. The van der Waals surface area contributed by atoms with Crippen LogP contribution in [-0.4, -0.2) is 106 Å². The van der Waals surface area contributed by atoms with Gasteiger partial charge in [-0.2, -0.15) is 10.2 Å². The van der Waals surface area contributed by atoms with Crippen LogP contribution in [0.2, 0.25) is 0 Å². The number of aromatic nitrogens is 2. The minimum atomic E-state index is 0.124. The van der Waals surface area contributed by atoms with Crippen LogP contribution in [0.1, 0.15) is 30.2 Å². The number of piperazine rings is 1. The number of nitrogens with zero attached hydrogens (tertiary/aromatic N) is 7. The summed E-state index contributed by atoms with van der Waals surface area (Å²) in [5.41, 5.74) is 4.93. The molecule has 0 aliphatic carbocycles. The second-order valence-electron chi connectivity index (χ2n) is 11.3. The minimum absolute atomic E-state index is 0.124. The lowest BCUT2D eigenvalue weighted by molar-refractivity contribution is -0.0328. The van der Waals surface area contributed by atoms with Gasteiger partial charge in [-0.3, -0.25) is 4.90 Å². The fourth-order valence-electron chi connectivity index (χ4n) is 6.41. The number of fused-ring (bicyclic) bond motifs is 1. The summed E-state index contributed by atoms with van der Waals surface area (Å²) in [6.45, 7) is 13.1. The lowest BCUT2D eigenvalue weighted by Crippen LogP contribution is -2.54. The van der Waals surface area contributed by atoms with Crippen molar-refractivity contribution in [1.29, 1.82) is 5.26 Å². The highest BCUT2D eigenvalue weighted by molar-refractivity contribution is 5.84. The third-order valence-corrected chi connectivity index (χ3v) is 8.44. The average molecular weight is 545 g/mol. The highest BCUT2D eigenvalue weighted by Gasteiger charge is 2.31. The van der Waals surface area contributed by atoms with Crippen LogP contribution in [0.25, 0.3) is 6.08 Å². The summed E-state index contributed by atoms with van der Waals surface area (Å²) in [4.78, 5) is 19.3. The monoisotopic (exact) mass is 544 g/mol. The Bertz CT molecular complexity index is 1290. The fourth-order valence-corrected chi connectivity index (χ4v) is 6.41. The first kappa shape index (κ1) is 26.8. The molecule has 0 unspecified atom stereocenters. The molecule has 3 saturated heterocycles. The van der Waals surface area contributed by atoms with Gasteiger partial charge in [0.15, 0.2) is 0 Å². The largest absolute Gasteiger partial charge is 0.380 e. The van der Waals surface area contributed by atoms with Gasteiger partial charge in [-0.05, 0) is 32.4 Å². The molecule has 1 aromatic heterocycles. The molecule has 3 fully saturated rings. The zero-order chi connectivity index (χ0) is 27.6. The second-order valence-corrected chi connectivity index (χ2v) is 11.3. The van der Waals surface area contributed by atoms with Crippen molar-refractivity contribution >= 4 is 29.2 Å². The molecule has 0 radical (unpaired) electrons. The quantitative estimate of drug-likeness (QED) is 0.585. The van der Waals surface area contributed by atoms with Gasteiger partial charge in [0.2, 0.25) is 5.95 Å². The molecular weight excluding hydrogens is 504 g/mol. The highest BCUT2D eigenvalue weighted by atomic mass is 16.5. The Kier molecular flexibility index (Phi) is 7.78. The van der Waals surface area contributed by atoms with Crippen molar-refractivity contribution in [3.63, 3.8) is 0 Å². The van der Waals surface area contributed by atoms with E-state index in [4.69, 9.17) is 19.4 Å². The third-order valence-electron chi connectivity index (χ3n) is 8.44. The van der Waals surface area contributed by atoms with E-state index < -0.39 is 0 Å². The second kappa shape index (κ2) is 11.6. The Labute approximate surface area is 237 Å². The molecule has 6 rings (SSSR count). The molecule has 4 aliphatic heterocycles. The van der Waals surface area contributed by atoms with E-state index in [0.29, 0.717) is 5.56 Å². The molecule has 0 saturated carbocycles. The maximum absolute atomic E-state index is 9.58. The summed E-state index contributed by atoms with van der Waals surface area (Å²) in [7, 11) is 1.78. The Hall–Kier alpha value is -3.39. The summed E-state index contributed by atoms with van der Waals surface area (Å²) in [6.07, 6.45) is 5.81. The maximum atomic E-state index is 9.58. The minimum Gasteiger partial charge on any atom is -0.380 e. The van der Waals surface area contributed by atoms with E-state index in [0.717, 1.165) is 101 Å². The number of nitrogens with one attached hydrogen (secondary N) is 1. The number of ether oxygens (including phenoxy) is 2. The highest BCUT2D eigenvalue weighted by Crippen LogP contribution is 2.35. The van der Waals surface area contributed by atoms with Gasteiger partial charge in [-0.25, -0.2) is 4.98 Å². The first-order chi connectivity index (χ1) is 19.5. The lowest BCUT2D eigenvalue weighted by Gasteiger charge is -2.42. The third kappa shape index (κ3) is 5.59. The lowest BCUT2D eigenvalue weighted by atomic mass is 10.0. The number of benzene rings is 1. The van der Waals surface area contributed by atoms with Crippen LogP contribution in [0.3, 0.4) is 0 Å². The number of rotatable bonds is 6. The zero-order valence-corrected chi connectivity index (χ0v) is 23.8. The normalized spacial score (nSPS) is 25.1. The molecule has 212 valence electrons. The first-order valence-corrected chi connectivity index (χ1v) is 14.5. The number of anilines is 4. The van der Waals surface area contributed by atoms with Crippen molar-refractivity contribution in [2.24, 2.45) is 0 Å². The van der Waals surface area contributed by atoms with E-state index in [1.54, 1.807) is 7.11 Å². The number of methoxy groups -OCH3 is 1. The number of hydrogen-bond donors (Lipinski definition) is 1. The molecule has 0 spiro atoms. The SMILES string of the molecule is CO[C@@H]1CCN(c2nc(C)cc(N3CCN(C[C@H]4CN(c5ccc(C#N)c6c5C=CCN6)C[C@@H](C)O4)CC3)n2)C1. The van der Waals surface area contributed by atoms with E-state index in [9.17, 15) is 5.26 Å². The Morgan fingerprint density at radius 2 is 1.93 bits per heavy atom. The predicted molar refractivity (Wildman–Crippen MR) is 158 cm³/mol. The van der Waals surface area contributed by atoms with Gasteiger partial charge in [0.25, 0.3) is 0 Å². The maximum Gasteiger partial charge on any atom is 0.227 e. The summed E-state index contributed by atoms with van der Waals surface area (Å²) in [6, 6.07) is 8.47. The number of nitriles is 1. The van der Waals surface area contributed by atoms with Crippen molar-refractivity contribution < 1.29 is 9.47 Å². The van der Waals surface area contributed by atoms with Crippen LogP contribution in [-0.2, 0) is 9.47 Å². The number of hydrogen-bond acceptors (Lipinski definition) is 10. The van der Waals surface area contributed by atoms with E-state index in [1.807, 2.05) is 6.07 Å². The standard InChI is InChI=1S/C30H40N8O2/c1-21-15-28(34-30(33-21)37-10-8-24(19-37)39-3)36-13-11-35(12-14-36)18-25-20-38(17-22(2)40-25)27-7-6-23(16-31)29-26(27)5-4-9-32-29/h4-7,15,22,24-25,32H,8-14,17-20H2,1-3H3/t22-,24-,25+/m1/s1. The van der Waals surface area contributed by atoms with Gasteiger partial charge in [-0.15, -0.1) is 0 Å². The van der Waals surface area contributed by atoms with Crippen LogP contribution < -0.4 is 20.0 Å². The van der Waals surface area contributed by atoms with Crippen LogP contribution in [0.15, 0.2) is 24.3 Å². The van der Waals surface area contributed by atoms with Gasteiger partial charge in [0.1, 0.15) is 11.9 Å². The average Bonchev–Trinajstić information content (AvgIpc) is 3.46. The molecule has 3 atom stereocenters. The Morgan fingerprint density at radius 3 is 2.70 bits per heavy atom. The number of morpholine rings is 1. The van der Waals surface area contributed by atoms with Crippen LogP contribution >= 0.6 is 0 Å². The van der Waals surface area contributed by atoms with E-state index in [-0.39, 0.29) is 18.3 Å². The molecule has 10 nitrogen and oxygen atoms in total. The van der Waals surface area contributed by atoms with Gasteiger partial charge in [-0.1, -0.05) is 12.2 Å². The summed E-state index contributed by atoms with van der Waals surface area (Å²) in [5, 5.41) is 13.0. The summed E-state index contributed by atoms with van der Waals surface area (Å²) >= 11 is 0. The molecule has 40 heavy (non-hydrogen) atoms. The Balaban J connectivity index is 1.08. The molecule has 1 N–H and O–H groups in total. The molecule has 4 aliphatic rings. The predicted octanol–water partition coefficient (Wildman–Crippen LogP) is 2.74.